The molecule has 10 heteroatoms. The van der Waals surface area contributed by atoms with Crippen molar-refractivity contribution < 1.29 is 24.3 Å². The molecule has 0 aliphatic carbocycles. The van der Waals surface area contributed by atoms with Gasteiger partial charge in [0.1, 0.15) is 18.1 Å². The lowest BCUT2D eigenvalue weighted by atomic mass is 9.98. The Hall–Kier alpha value is -1.81. The molecule has 168 valence electrons. The molecule has 0 heterocycles. The Balaban J connectivity index is 5.35. The number of carboxylic acids is 1. The smallest absolute Gasteiger partial charge is 0.327 e. The minimum Gasteiger partial charge on any atom is -0.480 e. The number of hydrogen-bond donors (Lipinski definition) is 6. The van der Waals surface area contributed by atoms with Gasteiger partial charge in [-0.1, -0.05) is 41.5 Å². The number of thiol groups is 1. The van der Waals surface area contributed by atoms with Crippen molar-refractivity contribution in [1.29, 1.82) is 0 Å². The average Bonchev–Trinajstić information content (AvgIpc) is 2.61. The van der Waals surface area contributed by atoms with E-state index < -0.39 is 47.9 Å². The summed E-state index contributed by atoms with van der Waals surface area (Å²) in [6.45, 7) is 10.9. The Morgan fingerprint density at radius 1 is 0.828 bits per heavy atom. The minimum atomic E-state index is -1.21. The van der Waals surface area contributed by atoms with Crippen molar-refractivity contribution in [3.8, 4) is 0 Å². The maximum Gasteiger partial charge on any atom is 0.327 e. The van der Waals surface area contributed by atoms with Crippen LogP contribution >= 0.6 is 12.6 Å². The molecule has 0 unspecified atom stereocenters. The van der Waals surface area contributed by atoms with Crippen molar-refractivity contribution in [2.24, 2.45) is 23.5 Å². The topological polar surface area (TPSA) is 151 Å². The molecule has 3 amide bonds. The number of hydrogen-bond acceptors (Lipinski definition) is 6. The molecule has 9 nitrogen and oxygen atoms in total. The highest BCUT2D eigenvalue weighted by Gasteiger charge is 2.32. The highest BCUT2D eigenvalue weighted by molar-refractivity contribution is 7.80. The van der Waals surface area contributed by atoms with Gasteiger partial charge in [0.05, 0.1) is 6.04 Å². The van der Waals surface area contributed by atoms with Crippen LogP contribution in [0.3, 0.4) is 0 Å². The first-order valence-electron chi connectivity index (χ1n) is 9.82. The van der Waals surface area contributed by atoms with Gasteiger partial charge in [-0.3, -0.25) is 14.4 Å². The standard InChI is InChI=1S/C19H36N4O5S/c1-9(2)7-12(21-17(25)14(20)10(3)4)16(24)23-15(11(5)6)18(26)22-13(8-29)19(27)28/h9-15,29H,7-8,20H2,1-6H3,(H,21,25)(H,22,26)(H,23,24)(H,27,28)/t12-,13-,14-,15-/m0/s1. The molecule has 29 heavy (non-hydrogen) atoms. The molecule has 0 aromatic rings. The molecule has 4 atom stereocenters. The van der Waals surface area contributed by atoms with Crippen LogP contribution in [0.1, 0.15) is 48.0 Å². The number of amides is 3. The van der Waals surface area contributed by atoms with Crippen molar-refractivity contribution in [3.63, 3.8) is 0 Å². The number of nitrogens with one attached hydrogen (secondary N) is 3. The zero-order chi connectivity index (χ0) is 22.9. The van der Waals surface area contributed by atoms with Crippen LogP contribution in [0.4, 0.5) is 0 Å². The number of carboxylic acid groups (broad SMARTS) is 1. The van der Waals surface area contributed by atoms with Gasteiger partial charge in [0.25, 0.3) is 0 Å². The van der Waals surface area contributed by atoms with E-state index in [2.05, 4.69) is 28.6 Å². The monoisotopic (exact) mass is 432 g/mol. The highest BCUT2D eigenvalue weighted by atomic mass is 32.1. The summed E-state index contributed by atoms with van der Waals surface area (Å²) in [5, 5.41) is 16.8. The molecule has 0 saturated carbocycles. The molecule has 0 aliphatic rings. The zero-order valence-corrected chi connectivity index (χ0v) is 19.0. The summed E-state index contributed by atoms with van der Waals surface area (Å²) < 4.78 is 0. The second kappa shape index (κ2) is 12.7. The number of aliphatic carboxylic acids is 1. The molecule has 0 aromatic carbocycles. The first-order chi connectivity index (χ1) is 13.3. The first kappa shape index (κ1) is 27.2. The Morgan fingerprint density at radius 2 is 1.34 bits per heavy atom. The van der Waals surface area contributed by atoms with Crippen LogP contribution in [0.2, 0.25) is 0 Å². The lowest BCUT2D eigenvalue weighted by molar-refractivity contribution is -0.142. The van der Waals surface area contributed by atoms with Gasteiger partial charge in [0, 0.05) is 5.75 Å². The predicted octanol–water partition coefficient (Wildman–Crippen LogP) is 0.141. The van der Waals surface area contributed by atoms with Gasteiger partial charge in [-0.2, -0.15) is 12.6 Å². The first-order valence-corrected chi connectivity index (χ1v) is 10.4. The summed E-state index contributed by atoms with van der Waals surface area (Å²) in [7, 11) is 0. The van der Waals surface area contributed by atoms with E-state index in [-0.39, 0.29) is 23.5 Å². The van der Waals surface area contributed by atoms with E-state index in [1.807, 2.05) is 13.8 Å². The quantitative estimate of drug-likeness (QED) is 0.241. The van der Waals surface area contributed by atoms with Crippen molar-refractivity contribution in [1.82, 2.24) is 16.0 Å². The van der Waals surface area contributed by atoms with Gasteiger partial charge in [-0.05, 0) is 24.2 Å². The number of rotatable bonds is 12. The van der Waals surface area contributed by atoms with E-state index in [0.717, 1.165) is 0 Å². The van der Waals surface area contributed by atoms with Crippen molar-refractivity contribution in [2.45, 2.75) is 72.1 Å². The fourth-order valence-electron chi connectivity index (χ4n) is 2.51. The van der Waals surface area contributed by atoms with E-state index >= 15 is 0 Å². The summed E-state index contributed by atoms with van der Waals surface area (Å²) in [5.74, 6) is -3.17. The van der Waals surface area contributed by atoms with Crippen LogP contribution in [-0.2, 0) is 19.2 Å². The maximum atomic E-state index is 12.8. The van der Waals surface area contributed by atoms with Crippen molar-refractivity contribution in [2.75, 3.05) is 5.75 Å². The number of carbonyl (C=O) groups is 4. The van der Waals surface area contributed by atoms with E-state index in [0.29, 0.717) is 6.42 Å². The van der Waals surface area contributed by atoms with Gasteiger partial charge >= 0.3 is 5.97 Å². The third-order valence-electron chi connectivity index (χ3n) is 4.41. The van der Waals surface area contributed by atoms with Crippen LogP contribution < -0.4 is 21.7 Å². The van der Waals surface area contributed by atoms with Crippen LogP contribution in [0.25, 0.3) is 0 Å². The molecule has 0 fully saturated rings. The Labute approximate surface area is 178 Å². The van der Waals surface area contributed by atoms with Crippen molar-refractivity contribution >= 4 is 36.3 Å². The zero-order valence-electron chi connectivity index (χ0n) is 18.1. The van der Waals surface area contributed by atoms with Crippen LogP contribution in [0.15, 0.2) is 0 Å². The SMILES string of the molecule is CC(C)C[C@H](NC(=O)[C@@H](N)C(C)C)C(=O)N[C@H](C(=O)N[C@@H](CS)C(=O)O)C(C)C. The molecule has 0 bridgehead atoms. The fraction of sp³-hybridized carbons (Fsp3) is 0.789. The van der Waals surface area contributed by atoms with Gasteiger partial charge in [0.2, 0.25) is 17.7 Å². The molecule has 0 aliphatic heterocycles. The molecular weight excluding hydrogens is 396 g/mol. The van der Waals surface area contributed by atoms with Gasteiger partial charge < -0.3 is 26.8 Å². The highest BCUT2D eigenvalue weighted by Crippen LogP contribution is 2.09. The number of nitrogens with two attached hydrogens (primary N) is 1. The summed E-state index contributed by atoms with van der Waals surface area (Å²) in [4.78, 5) is 48.8. The fourth-order valence-corrected chi connectivity index (χ4v) is 2.76. The van der Waals surface area contributed by atoms with Crippen LogP contribution in [0, 0.1) is 17.8 Å². The largest absolute Gasteiger partial charge is 0.480 e. The lowest BCUT2D eigenvalue weighted by Gasteiger charge is -2.28. The van der Waals surface area contributed by atoms with Crippen LogP contribution in [0.5, 0.6) is 0 Å². The van der Waals surface area contributed by atoms with Crippen molar-refractivity contribution in [3.05, 3.63) is 0 Å². The maximum absolute atomic E-state index is 12.8. The summed E-state index contributed by atoms with van der Waals surface area (Å²) >= 11 is 3.92. The number of carbonyl (C=O) groups excluding carboxylic acids is 3. The molecule has 6 N–H and O–H groups in total. The Bertz CT molecular complexity index is 583. The van der Waals surface area contributed by atoms with Gasteiger partial charge in [0.15, 0.2) is 0 Å². The molecule has 0 aromatic heterocycles. The molecule has 0 rings (SSSR count). The summed E-state index contributed by atoms with van der Waals surface area (Å²) in [5.41, 5.74) is 5.86. The van der Waals surface area contributed by atoms with Gasteiger partial charge in [-0.15, -0.1) is 0 Å². The minimum absolute atomic E-state index is 0.0844. The second-order valence-electron chi connectivity index (χ2n) is 8.27. The average molecular weight is 433 g/mol. The molecule has 0 saturated heterocycles. The third-order valence-corrected chi connectivity index (χ3v) is 4.77. The Morgan fingerprint density at radius 3 is 1.72 bits per heavy atom. The molecular formula is C19H36N4O5S. The Kier molecular flexibility index (Phi) is 11.9. The lowest BCUT2D eigenvalue weighted by Crippen LogP contribution is -2.59. The normalized spacial score (nSPS) is 15.6. The second-order valence-corrected chi connectivity index (χ2v) is 8.64. The molecule has 0 radical (unpaired) electrons. The van der Waals surface area contributed by atoms with Gasteiger partial charge in [-0.25, -0.2) is 4.79 Å². The van der Waals surface area contributed by atoms with E-state index in [4.69, 9.17) is 10.8 Å². The van der Waals surface area contributed by atoms with Crippen LogP contribution in [-0.4, -0.2) is 58.7 Å². The summed E-state index contributed by atoms with van der Waals surface area (Å²) in [6.07, 6.45) is 0.364. The third kappa shape index (κ3) is 9.49. The molecule has 0 spiro atoms. The van der Waals surface area contributed by atoms with E-state index in [1.54, 1.807) is 27.7 Å². The van der Waals surface area contributed by atoms with E-state index in [9.17, 15) is 19.2 Å². The summed E-state index contributed by atoms with van der Waals surface area (Å²) in [6, 6.07) is -3.75. The predicted molar refractivity (Wildman–Crippen MR) is 114 cm³/mol. The van der Waals surface area contributed by atoms with E-state index in [1.165, 1.54) is 0 Å².